The standard InChI is InChI=1S/C12H9BrF2N2O2S/c13-9-5-7(16)1-4-12(9)20(18,19)17-8-2-3-10(14)11(15)6-8/h1-6,17H,16H2. The Morgan fingerprint density at radius 3 is 2.35 bits per heavy atom. The second-order valence-corrected chi connectivity index (χ2v) is 6.43. The molecule has 2 aromatic carbocycles. The van der Waals surface area contributed by atoms with Crippen molar-refractivity contribution >= 4 is 37.3 Å². The van der Waals surface area contributed by atoms with Gasteiger partial charge in [-0.1, -0.05) is 0 Å². The highest BCUT2D eigenvalue weighted by Crippen LogP contribution is 2.26. The summed E-state index contributed by atoms with van der Waals surface area (Å²) in [5.74, 6) is -2.19. The van der Waals surface area contributed by atoms with E-state index in [1.807, 2.05) is 0 Å². The number of hydrogen-bond acceptors (Lipinski definition) is 3. The average Bonchev–Trinajstić information content (AvgIpc) is 2.33. The summed E-state index contributed by atoms with van der Waals surface area (Å²) in [6.45, 7) is 0. The van der Waals surface area contributed by atoms with Crippen LogP contribution in [0.1, 0.15) is 0 Å². The van der Waals surface area contributed by atoms with Crippen LogP contribution in [-0.2, 0) is 10.0 Å². The van der Waals surface area contributed by atoms with Gasteiger partial charge in [-0.25, -0.2) is 17.2 Å². The average molecular weight is 363 g/mol. The molecule has 3 N–H and O–H groups in total. The molecule has 0 aliphatic carbocycles. The highest BCUT2D eigenvalue weighted by molar-refractivity contribution is 9.10. The molecule has 0 aliphatic heterocycles. The molecule has 0 saturated carbocycles. The maximum atomic E-state index is 13.1. The van der Waals surface area contributed by atoms with E-state index in [0.29, 0.717) is 5.69 Å². The van der Waals surface area contributed by atoms with E-state index < -0.39 is 21.7 Å². The van der Waals surface area contributed by atoms with Crippen molar-refractivity contribution in [2.75, 3.05) is 10.5 Å². The van der Waals surface area contributed by atoms with E-state index in [2.05, 4.69) is 20.7 Å². The summed E-state index contributed by atoms with van der Waals surface area (Å²) in [4.78, 5) is -0.0589. The second-order valence-electron chi connectivity index (χ2n) is 3.92. The molecule has 8 heteroatoms. The fourth-order valence-electron chi connectivity index (χ4n) is 1.50. The summed E-state index contributed by atoms with van der Waals surface area (Å²) in [6.07, 6.45) is 0. The lowest BCUT2D eigenvalue weighted by atomic mass is 10.3. The molecule has 0 unspecified atom stereocenters. The number of sulfonamides is 1. The zero-order valence-electron chi connectivity index (χ0n) is 9.90. The minimum Gasteiger partial charge on any atom is -0.399 e. The first-order valence-corrected chi connectivity index (χ1v) is 7.60. The molecule has 0 heterocycles. The molecule has 0 saturated heterocycles. The minimum absolute atomic E-state index is 0.0589. The van der Waals surface area contributed by atoms with E-state index in [4.69, 9.17) is 5.73 Å². The normalized spacial score (nSPS) is 11.3. The summed E-state index contributed by atoms with van der Waals surface area (Å²) in [6, 6.07) is 6.89. The van der Waals surface area contributed by atoms with Gasteiger partial charge < -0.3 is 5.73 Å². The zero-order valence-corrected chi connectivity index (χ0v) is 12.3. The molecule has 0 bridgehead atoms. The van der Waals surface area contributed by atoms with Crippen LogP contribution in [0, 0.1) is 11.6 Å². The smallest absolute Gasteiger partial charge is 0.263 e. The van der Waals surface area contributed by atoms with Crippen molar-refractivity contribution in [2.24, 2.45) is 0 Å². The SMILES string of the molecule is Nc1ccc(S(=O)(=O)Nc2ccc(F)c(F)c2)c(Br)c1. The van der Waals surface area contributed by atoms with Gasteiger partial charge in [0.2, 0.25) is 0 Å². The number of nitrogens with one attached hydrogen (secondary N) is 1. The van der Waals surface area contributed by atoms with Crippen molar-refractivity contribution in [3.05, 3.63) is 52.5 Å². The number of halogens is 3. The van der Waals surface area contributed by atoms with Crippen LogP contribution in [-0.4, -0.2) is 8.42 Å². The number of hydrogen-bond donors (Lipinski definition) is 2. The lowest BCUT2D eigenvalue weighted by molar-refractivity contribution is 0.509. The molecule has 0 fully saturated rings. The summed E-state index contributed by atoms with van der Waals surface area (Å²) < 4.78 is 52.5. The molecule has 4 nitrogen and oxygen atoms in total. The summed E-state index contributed by atoms with van der Waals surface area (Å²) >= 11 is 3.09. The summed E-state index contributed by atoms with van der Waals surface area (Å²) in [7, 11) is -3.93. The Bertz CT molecular complexity index is 766. The molecule has 2 aromatic rings. The van der Waals surface area contributed by atoms with Crippen LogP contribution in [0.25, 0.3) is 0 Å². The van der Waals surface area contributed by atoms with E-state index in [1.54, 1.807) is 0 Å². The van der Waals surface area contributed by atoms with Crippen LogP contribution in [0.15, 0.2) is 45.8 Å². The number of anilines is 2. The van der Waals surface area contributed by atoms with Gasteiger partial charge >= 0.3 is 0 Å². The third-order valence-electron chi connectivity index (χ3n) is 2.42. The van der Waals surface area contributed by atoms with Crippen LogP contribution < -0.4 is 10.5 Å². The lowest BCUT2D eigenvalue weighted by Crippen LogP contribution is -2.14. The quantitative estimate of drug-likeness (QED) is 0.824. The van der Waals surface area contributed by atoms with Crippen molar-refractivity contribution in [2.45, 2.75) is 4.90 Å². The molecule has 2 rings (SSSR count). The first-order valence-electron chi connectivity index (χ1n) is 5.32. The topological polar surface area (TPSA) is 72.2 Å². The third-order valence-corrected chi connectivity index (χ3v) is 4.78. The van der Waals surface area contributed by atoms with Crippen molar-refractivity contribution < 1.29 is 17.2 Å². The largest absolute Gasteiger partial charge is 0.399 e. The van der Waals surface area contributed by atoms with Gasteiger partial charge in [0.1, 0.15) is 4.90 Å². The van der Waals surface area contributed by atoms with Gasteiger partial charge in [-0.2, -0.15) is 0 Å². The Kier molecular flexibility index (Phi) is 3.96. The molecule has 106 valence electrons. The maximum Gasteiger partial charge on any atom is 0.263 e. The molecular formula is C12H9BrF2N2O2S. The summed E-state index contributed by atoms with van der Waals surface area (Å²) in [5, 5.41) is 0. The van der Waals surface area contributed by atoms with Gasteiger partial charge in [0.05, 0.1) is 5.69 Å². The first-order chi connectivity index (χ1) is 9.29. The van der Waals surface area contributed by atoms with E-state index >= 15 is 0 Å². The van der Waals surface area contributed by atoms with Crippen molar-refractivity contribution in [3.8, 4) is 0 Å². The highest BCUT2D eigenvalue weighted by atomic mass is 79.9. The van der Waals surface area contributed by atoms with Gasteiger partial charge in [0.15, 0.2) is 11.6 Å². The zero-order chi connectivity index (χ0) is 14.9. The van der Waals surface area contributed by atoms with Gasteiger partial charge in [-0.15, -0.1) is 0 Å². The summed E-state index contributed by atoms with van der Waals surface area (Å²) in [5.41, 5.74) is 5.84. The molecule has 20 heavy (non-hydrogen) atoms. The monoisotopic (exact) mass is 362 g/mol. The maximum absolute atomic E-state index is 13.1. The molecule has 0 radical (unpaired) electrons. The Morgan fingerprint density at radius 1 is 1.05 bits per heavy atom. The molecule has 0 spiro atoms. The number of nitrogens with two attached hydrogens (primary N) is 1. The van der Waals surface area contributed by atoms with E-state index in [0.717, 1.165) is 18.2 Å². The highest BCUT2D eigenvalue weighted by Gasteiger charge is 2.18. The van der Waals surface area contributed by atoms with Crippen molar-refractivity contribution in [3.63, 3.8) is 0 Å². The Labute approximate surface area is 122 Å². The molecule has 0 aromatic heterocycles. The fourth-order valence-corrected chi connectivity index (χ4v) is 3.65. The lowest BCUT2D eigenvalue weighted by Gasteiger charge is -2.10. The van der Waals surface area contributed by atoms with Crippen LogP contribution in [0.3, 0.4) is 0 Å². The predicted octanol–water partition coefficient (Wildman–Crippen LogP) is 3.11. The van der Waals surface area contributed by atoms with Gasteiger partial charge in [0.25, 0.3) is 10.0 Å². The molecule has 0 amide bonds. The number of benzene rings is 2. The van der Waals surface area contributed by atoms with Crippen LogP contribution in [0.4, 0.5) is 20.2 Å². The predicted molar refractivity (Wildman–Crippen MR) is 75.7 cm³/mol. The molecular weight excluding hydrogens is 354 g/mol. The van der Waals surface area contributed by atoms with Gasteiger partial charge in [0, 0.05) is 16.2 Å². The first kappa shape index (κ1) is 14.7. The second kappa shape index (κ2) is 5.37. The third kappa shape index (κ3) is 3.07. The van der Waals surface area contributed by atoms with Crippen LogP contribution >= 0.6 is 15.9 Å². The van der Waals surface area contributed by atoms with Crippen LogP contribution in [0.5, 0.6) is 0 Å². The van der Waals surface area contributed by atoms with E-state index in [9.17, 15) is 17.2 Å². The minimum atomic E-state index is -3.93. The Hall–Kier alpha value is -1.67. The van der Waals surface area contributed by atoms with Crippen LogP contribution in [0.2, 0.25) is 0 Å². The molecule has 0 atom stereocenters. The van der Waals surface area contributed by atoms with Crippen molar-refractivity contribution in [1.29, 1.82) is 0 Å². The van der Waals surface area contributed by atoms with E-state index in [1.165, 1.54) is 18.2 Å². The Balaban J connectivity index is 2.38. The number of nitrogen functional groups attached to an aromatic ring is 1. The Morgan fingerprint density at radius 2 is 1.75 bits per heavy atom. The fraction of sp³-hybridized carbons (Fsp3) is 0. The number of rotatable bonds is 3. The van der Waals surface area contributed by atoms with Crippen molar-refractivity contribution in [1.82, 2.24) is 0 Å². The van der Waals surface area contributed by atoms with Gasteiger partial charge in [-0.3, -0.25) is 4.72 Å². The molecule has 0 aliphatic rings. The van der Waals surface area contributed by atoms with E-state index in [-0.39, 0.29) is 15.1 Å². The van der Waals surface area contributed by atoms with Gasteiger partial charge in [-0.05, 0) is 46.3 Å².